The molecule has 1 aromatic heterocycles. The summed E-state index contributed by atoms with van der Waals surface area (Å²) in [4.78, 5) is 2.37. The Kier molecular flexibility index (Phi) is 5.65. The van der Waals surface area contributed by atoms with Crippen LogP contribution in [0.25, 0.3) is 49.4 Å². The Morgan fingerprint density at radius 3 is 2.10 bits per heavy atom. The van der Waals surface area contributed by atoms with Gasteiger partial charge in [-0.3, -0.25) is 0 Å². The highest BCUT2D eigenvalue weighted by Crippen LogP contribution is 2.49. The first-order valence-corrected chi connectivity index (χ1v) is 14.9. The minimum atomic E-state index is 0.0960. The number of anilines is 2. The van der Waals surface area contributed by atoms with Gasteiger partial charge in [-0.15, -0.1) is 11.3 Å². The van der Waals surface area contributed by atoms with Gasteiger partial charge in [0.15, 0.2) is 0 Å². The van der Waals surface area contributed by atoms with Gasteiger partial charge < -0.3 is 10.2 Å². The van der Waals surface area contributed by atoms with Gasteiger partial charge in [0.1, 0.15) is 11.2 Å². The Labute approximate surface area is 243 Å². The van der Waals surface area contributed by atoms with E-state index in [1.54, 1.807) is 0 Å². The van der Waals surface area contributed by atoms with E-state index in [4.69, 9.17) is 0 Å². The number of nitrogens with one attached hydrogen (secondary N) is 1. The standard InChI is InChI=1S/C38H28N2S/c1-2-3-12-25-13-4-5-14-26(25)23-33-28-15-6-8-17-30(28)36(31-18-9-7-16-29(31)33)27-21-22-40-35(24-27)39-37-32-19-10-11-20-34(32)41-38(37)40/h2-24,35,39H,1H3/b3-2-,25-12-,26-23+. The number of fused-ring (bicyclic) bond motifs is 7. The minimum Gasteiger partial charge on any atom is -0.359 e. The van der Waals surface area contributed by atoms with Crippen molar-refractivity contribution in [3.05, 3.63) is 149 Å². The summed E-state index contributed by atoms with van der Waals surface area (Å²) in [6, 6.07) is 35.0. The number of rotatable bonds is 3. The molecule has 1 N–H and O–H groups in total. The van der Waals surface area contributed by atoms with Gasteiger partial charge in [0, 0.05) is 16.3 Å². The van der Waals surface area contributed by atoms with E-state index in [1.165, 1.54) is 69.5 Å². The predicted octanol–water partition coefficient (Wildman–Crippen LogP) is 8.56. The quantitative estimate of drug-likeness (QED) is 0.225. The first kappa shape index (κ1) is 24.0. The summed E-state index contributed by atoms with van der Waals surface area (Å²) in [5, 5.41) is 13.9. The summed E-state index contributed by atoms with van der Waals surface area (Å²) in [6.45, 7) is 2.05. The third-order valence-electron chi connectivity index (χ3n) is 8.18. The number of hydrogen-bond donors (Lipinski definition) is 1. The van der Waals surface area contributed by atoms with Gasteiger partial charge in [-0.1, -0.05) is 109 Å². The van der Waals surface area contributed by atoms with Crippen molar-refractivity contribution in [2.75, 3.05) is 10.2 Å². The van der Waals surface area contributed by atoms with Gasteiger partial charge >= 0.3 is 0 Å². The molecule has 0 spiro atoms. The number of nitrogens with zero attached hydrogens (tertiary/aromatic N) is 1. The fourth-order valence-electron chi connectivity index (χ4n) is 6.31. The fraction of sp³-hybridized carbons (Fsp3) is 0.0526. The number of hydrogen-bond acceptors (Lipinski definition) is 3. The average molecular weight is 545 g/mol. The van der Waals surface area contributed by atoms with Gasteiger partial charge in [-0.05, 0) is 79.9 Å². The minimum absolute atomic E-state index is 0.0960. The average Bonchev–Trinajstić information content (AvgIpc) is 3.56. The summed E-state index contributed by atoms with van der Waals surface area (Å²) in [6.07, 6.45) is 15.8. The predicted molar refractivity (Wildman–Crippen MR) is 179 cm³/mol. The lowest BCUT2D eigenvalue weighted by Crippen LogP contribution is -2.31. The van der Waals surface area contributed by atoms with Crippen molar-refractivity contribution in [1.29, 1.82) is 0 Å². The molecule has 0 bridgehead atoms. The summed E-state index contributed by atoms with van der Waals surface area (Å²) in [5.41, 5.74) is 5.04. The van der Waals surface area contributed by atoms with Crippen LogP contribution in [-0.4, -0.2) is 6.17 Å². The second kappa shape index (κ2) is 9.65. The Bertz CT molecular complexity index is 2160. The van der Waals surface area contributed by atoms with Crippen molar-refractivity contribution in [2.45, 2.75) is 13.1 Å². The van der Waals surface area contributed by atoms with E-state index in [9.17, 15) is 0 Å². The molecule has 196 valence electrons. The van der Waals surface area contributed by atoms with E-state index in [0.29, 0.717) is 0 Å². The summed E-state index contributed by atoms with van der Waals surface area (Å²) >= 11 is 1.86. The van der Waals surface area contributed by atoms with Crippen LogP contribution >= 0.6 is 11.3 Å². The lowest BCUT2D eigenvalue weighted by atomic mass is 9.87. The van der Waals surface area contributed by atoms with Crippen LogP contribution < -0.4 is 20.7 Å². The highest BCUT2D eigenvalue weighted by molar-refractivity contribution is 7.23. The first-order valence-electron chi connectivity index (χ1n) is 14.1. The zero-order valence-electron chi connectivity index (χ0n) is 22.7. The monoisotopic (exact) mass is 544 g/mol. The second-order valence-electron chi connectivity index (χ2n) is 10.6. The highest BCUT2D eigenvalue weighted by Gasteiger charge is 2.32. The molecule has 3 heteroatoms. The maximum absolute atomic E-state index is 3.82. The fourth-order valence-corrected chi connectivity index (χ4v) is 7.50. The van der Waals surface area contributed by atoms with E-state index in [-0.39, 0.29) is 6.17 Å². The number of allylic oxidation sites excluding steroid dienone is 4. The van der Waals surface area contributed by atoms with Crippen LogP contribution in [0.5, 0.6) is 0 Å². The van der Waals surface area contributed by atoms with Crippen molar-refractivity contribution in [2.24, 2.45) is 0 Å². The van der Waals surface area contributed by atoms with Crippen LogP contribution in [0.4, 0.5) is 10.7 Å². The van der Waals surface area contributed by atoms with Crippen LogP contribution in [0.15, 0.2) is 128 Å². The summed E-state index contributed by atoms with van der Waals surface area (Å²) in [5.74, 6) is 0. The van der Waals surface area contributed by atoms with Gasteiger partial charge in [0.2, 0.25) is 0 Å². The summed E-state index contributed by atoms with van der Waals surface area (Å²) < 4.78 is 1.32. The highest BCUT2D eigenvalue weighted by atomic mass is 32.1. The normalized spacial score (nSPS) is 17.0. The van der Waals surface area contributed by atoms with E-state index in [0.717, 1.165) is 0 Å². The van der Waals surface area contributed by atoms with Crippen molar-refractivity contribution in [3.8, 4) is 0 Å². The molecule has 0 saturated heterocycles. The maximum atomic E-state index is 3.82. The van der Waals surface area contributed by atoms with Crippen molar-refractivity contribution < 1.29 is 0 Å². The molecule has 3 heterocycles. The van der Waals surface area contributed by atoms with Crippen LogP contribution in [0.1, 0.15) is 18.1 Å². The maximum Gasteiger partial charge on any atom is 0.124 e. The molecular weight excluding hydrogens is 516 g/mol. The van der Waals surface area contributed by atoms with Crippen LogP contribution in [0.2, 0.25) is 0 Å². The molecule has 0 saturated carbocycles. The van der Waals surface area contributed by atoms with E-state index >= 15 is 0 Å². The molecule has 1 unspecified atom stereocenters. The molecular formula is C38H28N2S. The molecule has 6 aromatic rings. The molecule has 8 rings (SSSR count). The largest absolute Gasteiger partial charge is 0.359 e. The molecule has 0 amide bonds. The number of benzene rings is 5. The van der Waals surface area contributed by atoms with Gasteiger partial charge in [-0.25, -0.2) is 0 Å². The van der Waals surface area contributed by atoms with Gasteiger partial charge in [0.25, 0.3) is 0 Å². The van der Waals surface area contributed by atoms with Crippen LogP contribution in [-0.2, 0) is 0 Å². The van der Waals surface area contributed by atoms with Crippen molar-refractivity contribution >= 4 is 71.4 Å². The zero-order chi connectivity index (χ0) is 27.3. The smallest absolute Gasteiger partial charge is 0.124 e. The lowest BCUT2D eigenvalue weighted by Gasteiger charge is -2.26. The molecule has 0 aliphatic carbocycles. The van der Waals surface area contributed by atoms with Crippen molar-refractivity contribution in [1.82, 2.24) is 0 Å². The SMILES string of the molecule is C\C=C/C=c1/cccc/c1=C\c1c2ccccc2c(C2=CC3Nc4c(sc5ccccc45)N3C=C2)c2ccccc12. The lowest BCUT2D eigenvalue weighted by molar-refractivity contribution is 0.916. The molecule has 1 atom stereocenters. The molecule has 2 aliphatic heterocycles. The Hall–Kier alpha value is -4.86. The van der Waals surface area contributed by atoms with Crippen LogP contribution in [0, 0.1) is 0 Å². The van der Waals surface area contributed by atoms with Gasteiger partial charge in [-0.2, -0.15) is 0 Å². The topological polar surface area (TPSA) is 15.3 Å². The van der Waals surface area contributed by atoms with E-state index < -0.39 is 0 Å². The second-order valence-corrected chi connectivity index (χ2v) is 11.6. The molecule has 2 aliphatic rings. The van der Waals surface area contributed by atoms with Crippen molar-refractivity contribution in [3.63, 3.8) is 0 Å². The molecule has 2 nitrogen and oxygen atoms in total. The van der Waals surface area contributed by atoms with Gasteiger partial charge in [0.05, 0.1) is 5.69 Å². The Balaban J connectivity index is 1.34. The summed E-state index contributed by atoms with van der Waals surface area (Å²) in [7, 11) is 0. The van der Waals surface area contributed by atoms with E-state index in [2.05, 4.69) is 157 Å². The third kappa shape index (κ3) is 3.85. The molecule has 0 fully saturated rings. The molecule has 41 heavy (non-hydrogen) atoms. The van der Waals surface area contributed by atoms with E-state index in [1.807, 2.05) is 11.3 Å². The van der Waals surface area contributed by atoms with Crippen LogP contribution in [0.3, 0.4) is 0 Å². The number of thiophene rings is 1. The first-order chi connectivity index (χ1) is 20.3. The molecule has 0 radical (unpaired) electrons. The zero-order valence-corrected chi connectivity index (χ0v) is 23.5. The Morgan fingerprint density at radius 1 is 0.732 bits per heavy atom. The molecule has 5 aromatic carbocycles. The third-order valence-corrected chi connectivity index (χ3v) is 9.37. The Morgan fingerprint density at radius 2 is 1.37 bits per heavy atom.